The average molecular weight is 468 g/mol. The molecule has 0 aromatic carbocycles. The van der Waals surface area contributed by atoms with Gasteiger partial charge in [-0.05, 0) is 128 Å². The standard InChI is InChI=1S/C33H57N/c1-9-23(4)13-12-14-24(10-2)26-16-17-27-25-15-18-29-30(5,6)33(34,11-3)22-21-32(29,8)28(25)19-20-31(26,27)7/h9-10,23-29H,1-2,11-22,34H2,3-8H3. The Kier molecular flexibility index (Phi) is 7.32. The lowest BCUT2D eigenvalue weighted by atomic mass is 9.38. The Morgan fingerprint density at radius 2 is 1.56 bits per heavy atom. The summed E-state index contributed by atoms with van der Waals surface area (Å²) < 4.78 is 0. The van der Waals surface area contributed by atoms with Crippen molar-refractivity contribution in [3.63, 3.8) is 0 Å². The number of fused-ring (bicyclic) bond motifs is 5. The Hall–Kier alpha value is -0.560. The van der Waals surface area contributed by atoms with Gasteiger partial charge in [0.15, 0.2) is 0 Å². The minimum Gasteiger partial charge on any atom is -0.325 e. The van der Waals surface area contributed by atoms with E-state index < -0.39 is 0 Å². The third-order valence-corrected chi connectivity index (χ3v) is 13.3. The normalized spacial score (nSPS) is 47.1. The predicted octanol–water partition coefficient (Wildman–Crippen LogP) is 9.18. The van der Waals surface area contributed by atoms with Crippen LogP contribution in [0.3, 0.4) is 0 Å². The fraction of sp³-hybridized carbons (Fsp3) is 0.879. The molecule has 0 spiro atoms. The Balaban J connectivity index is 1.52. The molecule has 194 valence electrons. The molecule has 0 bridgehead atoms. The van der Waals surface area contributed by atoms with E-state index in [1.165, 1.54) is 70.6 Å². The van der Waals surface area contributed by atoms with Crippen LogP contribution in [0.15, 0.2) is 25.3 Å². The molecule has 0 aromatic heterocycles. The highest BCUT2D eigenvalue weighted by Crippen LogP contribution is 2.71. The van der Waals surface area contributed by atoms with Gasteiger partial charge in [0.1, 0.15) is 0 Å². The molecule has 10 unspecified atom stereocenters. The van der Waals surface area contributed by atoms with Crippen LogP contribution in [0.2, 0.25) is 0 Å². The lowest BCUT2D eigenvalue weighted by Gasteiger charge is -2.67. The third kappa shape index (κ3) is 3.90. The molecule has 4 rings (SSSR count). The number of nitrogens with two attached hydrogens (primary N) is 1. The zero-order valence-electron chi connectivity index (χ0n) is 23.7. The van der Waals surface area contributed by atoms with Gasteiger partial charge in [-0.25, -0.2) is 0 Å². The SMILES string of the molecule is C=CC(C)CCCC(C=C)C1CCC2C3CCC4C(C)(CCC(N)(CC)C4(C)C)C3CCC12C. The summed E-state index contributed by atoms with van der Waals surface area (Å²) in [6.45, 7) is 23.4. The zero-order chi connectivity index (χ0) is 24.9. The summed E-state index contributed by atoms with van der Waals surface area (Å²) in [7, 11) is 0. The molecule has 4 saturated carbocycles. The first kappa shape index (κ1) is 26.5. The van der Waals surface area contributed by atoms with Gasteiger partial charge in [-0.1, -0.05) is 60.1 Å². The lowest BCUT2D eigenvalue weighted by molar-refractivity contribution is -0.169. The van der Waals surface area contributed by atoms with E-state index in [1.54, 1.807) is 0 Å². The summed E-state index contributed by atoms with van der Waals surface area (Å²) in [5, 5.41) is 0. The summed E-state index contributed by atoms with van der Waals surface area (Å²) in [4.78, 5) is 0. The first-order valence-corrected chi connectivity index (χ1v) is 15.0. The Bertz CT molecular complexity index is 752. The van der Waals surface area contributed by atoms with E-state index >= 15 is 0 Å². The van der Waals surface area contributed by atoms with Gasteiger partial charge in [-0.2, -0.15) is 0 Å². The van der Waals surface area contributed by atoms with Crippen molar-refractivity contribution >= 4 is 0 Å². The summed E-state index contributed by atoms with van der Waals surface area (Å²) in [6, 6.07) is 0. The van der Waals surface area contributed by atoms with Crippen LogP contribution in [0.4, 0.5) is 0 Å². The van der Waals surface area contributed by atoms with E-state index in [0.717, 1.165) is 36.0 Å². The van der Waals surface area contributed by atoms with Crippen LogP contribution < -0.4 is 5.73 Å². The molecule has 0 saturated heterocycles. The maximum Gasteiger partial charge on any atom is 0.0206 e. The van der Waals surface area contributed by atoms with Crippen molar-refractivity contribution in [1.82, 2.24) is 0 Å². The average Bonchev–Trinajstić information content (AvgIpc) is 3.16. The van der Waals surface area contributed by atoms with E-state index in [4.69, 9.17) is 5.73 Å². The third-order valence-electron chi connectivity index (χ3n) is 13.3. The second-order valence-corrected chi connectivity index (χ2v) is 14.5. The van der Waals surface area contributed by atoms with Gasteiger partial charge in [-0.15, -0.1) is 13.2 Å². The molecule has 0 aromatic rings. The van der Waals surface area contributed by atoms with Crippen molar-refractivity contribution in [1.29, 1.82) is 0 Å². The molecule has 2 N–H and O–H groups in total. The first-order chi connectivity index (χ1) is 16.0. The Labute approximate surface area is 212 Å². The molecule has 0 heterocycles. The highest BCUT2D eigenvalue weighted by atomic mass is 14.8. The first-order valence-electron chi connectivity index (χ1n) is 15.0. The molecular weight excluding hydrogens is 410 g/mol. The fourth-order valence-corrected chi connectivity index (χ4v) is 10.8. The summed E-state index contributed by atoms with van der Waals surface area (Å²) in [5.41, 5.74) is 8.38. The highest BCUT2D eigenvalue weighted by molar-refractivity contribution is 5.16. The molecule has 1 heteroatoms. The fourth-order valence-electron chi connectivity index (χ4n) is 10.8. The van der Waals surface area contributed by atoms with E-state index in [2.05, 4.69) is 66.9 Å². The van der Waals surface area contributed by atoms with Crippen molar-refractivity contribution in [3.05, 3.63) is 25.3 Å². The summed E-state index contributed by atoms with van der Waals surface area (Å²) >= 11 is 0. The van der Waals surface area contributed by atoms with Crippen molar-refractivity contribution in [2.75, 3.05) is 0 Å². The molecule has 0 aliphatic heterocycles. The van der Waals surface area contributed by atoms with Crippen molar-refractivity contribution < 1.29 is 0 Å². The van der Waals surface area contributed by atoms with Gasteiger partial charge in [0, 0.05) is 5.54 Å². The van der Waals surface area contributed by atoms with Gasteiger partial charge in [0.25, 0.3) is 0 Å². The van der Waals surface area contributed by atoms with Gasteiger partial charge >= 0.3 is 0 Å². The van der Waals surface area contributed by atoms with Crippen molar-refractivity contribution in [2.24, 2.45) is 63.4 Å². The molecule has 4 fully saturated rings. The molecule has 10 atom stereocenters. The van der Waals surface area contributed by atoms with Gasteiger partial charge in [0.2, 0.25) is 0 Å². The molecule has 4 aliphatic carbocycles. The summed E-state index contributed by atoms with van der Waals surface area (Å²) in [6.07, 6.45) is 20.8. The van der Waals surface area contributed by atoms with Crippen LogP contribution in [-0.2, 0) is 0 Å². The predicted molar refractivity (Wildman–Crippen MR) is 148 cm³/mol. The molecule has 0 radical (unpaired) electrons. The molecule has 34 heavy (non-hydrogen) atoms. The number of hydrogen-bond acceptors (Lipinski definition) is 1. The maximum atomic E-state index is 7.10. The molecule has 1 nitrogen and oxygen atoms in total. The zero-order valence-corrected chi connectivity index (χ0v) is 23.7. The van der Waals surface area contributed by atoms with Crippen LogP contribution in [0.5, 0.6) is 0 Å². The maximum absolute atomic E-state index is 7.10. The number of hydrogen-bond donors (Lipinski definition) is 1. The summed E-state index contributed by atoms with van der Waals surface area (Å²) in [5.74, 6) is 5.77. The minimum atomic E-state index is 0.0198. The van der Waals surface area contributed by atoms with Crippen molar-refractivity contribution in [3.8, 4) is 0 Å². The van der Waals surface area contributed by atoms with E-state index in [9.17, 15) is 0 Å². The van der Waals surface area contributed by atoms with E-state index in [1.807, 2.05) is 0 Å². The highest BCUT2D eigenvalue weighted by Gasteiger charge is 2.65. The molecular formula is C33H57N. The second kappa shape index (κ2) is 9.39. The second-order valence-electron chi connectivity index (χ2n) is 14.5. The topological polar surface area (TPSA) is 26.0 Å². The molecule has 0 amide bonds. The van der Waals surface area contributed by atoms with Crippen LogP contribution in [-0.4, -0.2) is 5.54 Å². The Morgan fingerprint density at radius 3 is 2.21 bits per heavy atom. The van der Waals surface area contributed by atoms with E-state index in [0.29, 0.717) is 22.7 Å². The van der Waals surface area contributed by atoms with Gasteiger partial charge < -0.3 is 5.73 Å². The van der Waals surface area contributed by atoms with Gasteiger partial charge in [-0.3, -0.25) is 0 Å². The molecule has 4 aliphatic rings. The quantitative estimate of drug-likeness (QED) is 0.354. The van der Waals surface area contributed by atoms with Crippen molar-refractivity contribution in [2.45, 2.75) is 124 Å². The van der Waals surface area contributed by atoms with Crippen LogP contribution in [0, 0.1) is 57.7 Å². The number of allylic oxidation sites excluding steroid dienone is 2. The van der Waals surface area contributed by atoms with Crippen LogP contribution in [0.25, 0.3) is 0 Å². The van der Waals surface area contributed by atoms with E-state index in [-0.39, 0.29) is 11.0 Å². The van der Waals surface area contributed by atoms with Crippen LogP contribution in [0.1, 0.15) is 119 Å². The largest absolute Gasteiger partial charge is 0.325 e. The minimum absolute atomic E-state index is 0.0198. The smallest absolute Gasteiger partial charge is 0.0206 e. The lowest BCUT2D eigenvalue weighted by Crippen LogP contribution is -2.66. The monoisotopic (exact) mass is 467 g/mol. The van der Waals surface area contributed by atoms with Gasteiger partial charge in [0.05, 0.1) is 0 Å². The number of rotatable bonds is 8. The van der Waals surface area contributed by atoms with Crippen LogP contribution >= 0.6 is 0 Å². The Morgan fingerprint density at radius 1 is 0.853 bits per heavy atom.